The zero-order valence-corrected chi connectivity index (χ0v) is 19.2. The second-order valence-corrected chi connectivity index (χ2v) is 8.89. The van der Waals surface area contributed by atoms with Crippen molar-refractivity contribution in [2.24, 2.45) is 5.92 Å². The molecule has 2 aliphatic carbocycles. The summed E-state index contributed by atoms with van der Waals surface area (Å²) in [6.45, 7) is 0.128. The Hall–Kier alpha value is -3.39. The zero-order valence-electron chi connectivity index (χ0n) is 19.2. The first-order chi connectivity index (χ1) is 16.5. The maximum Gasteiger partial charge on any atom is 0.407 e. The van der Waals surface area contributed by atoms with Crippen molar-refractivity contribution in [3.63, 3.8) is 0 Å². The number of methoxy groups -OCH3 is 1. The topological polar surface area (TPSA) is 114 Å². The van der Waals surface area contributed by atoms with E-state index in [2.05, 4.69) is 34.9 Å². The molecule has 2 amide bonds. The molecular weight excluding hydrogens is 436 g/mol. The highest BCUT2D eigenvalue weighted by atomic mass is 16.5. The number of hydrogen-bond donors (Lipinski definition) is 3. The van der Waals surface area contributed by atoms with Crippen LogP contribution in [0.25, 0.3) is 11.1 Å². The summed E-state index contributed by atoms with van der Waals surface area (Å²) in [5.74, 6) is -1.86. The standard InChI is InChI=1S/C26H30N2O6/c1-33-15-23(25(30)31)28-24(29)16-7-6-8-17(13-16)27-26(32)34-14-22-20-11-4-2-9-18(20)19-10-3-5-12-21(19)22/h2-5,9-12,16-17,22-23H,6-8,13-15H2,1H3,(H,27,32)(H,28,29)(H,30,31)/t16-,17-,23?/m1/s1. The second-order valence-electron chi connectivity index (χ2n) is 8.89. The van der Waals surface area contributed by atoms with Crippen molar-refractivity contribution in [1.29, 1.82) is 0 Å². The van der Waals surface area contributed by atoms with Gasteiger partial charge in [0.1, 0.15) is 6.61 Å². The van der Waals surface area contributed by atoms with Crippen LogP contribution in [-0.2, 0) is 19.1 Å². The molecule has 0 heterocycles. The number of carboxylic acid groups (broad SMARTS) is 1. The molecule has 1 fully saturated rings. The molecule has 34 heavy (non-hydrogen) atoms. The van der Waals surface area contributed by atoms with E-state index in [4.69, 9.17) is 9.47 Å². The first-order valence-corrected chi connectivity index (χ1v) is 11.6. The van der Waals surface area contributed by atoms with Crippen LogP contribution in [0.15, 0.2) is 48.5 Å². The summed E-state index contributed by atoms with van der Waals surface area (Å²) in [6, 6.07) is 15.0. The zero-order chi connectivity index (χ0) is 24.1. The molecule has 3 atom stereocenters. The van der Waals surface area contributed by atoms with Gasteiger partial charge in [-0.25, -0.2) is 9.59 Å². The Morgan fingerprint density at radius 1 is 1.03 bits per heavy atom. The number of ether oxygens (including phenoxy) is 2. The van der Waals surface area contributed by atoms with Gasteiger partial charge in [-0.3, -0.25) is 4.79 Å². The minimum atomic E-state index is -1.14. The van der Waals surface area contributed by atoms with Gasteiger partial charge in [0, 0.05) is 25.0 Å². The molecule has 0 saturated heterocycles. The van der Waals surface area contributed by atoms with Crippen molar-refractivity contribution >= 4 is 18.0 Å². The van der Waals surface area contributed by atoms with E-state index in [-0.39, 0.29) is 37.0 Å². The van der Waals surface area contributed by atoms with Gasteiger partial charge in [-0.2, -0.15) is 0 Å². The number of hydrogen-bond acceptors (Lipinski definition) is 5. The van der Waals surface area contributed by atoms with E-state index >= 15 is 0 Å². The number of aliphatic carboxylic acids is 1. The lowest BCUT2D eigenvalue weighted by Crippen LogP contribution is -2.48. The SMILES string of the molecule is COCC(NC(=O)[C@@H]1CCC[C@@H](NC(=O)OCC2c3ccccc3-c3ccccc32)C1)C(=O)O. The molecule has 8 nitrogen and oxygen atoms in total. The summed E-state index contributed by atoms with van der Waals surface area (Å²) in [5.41, 5.74) is 4.63. The molecule has 0 aliphatic heterocycles. The molecule has 2 aliphatic rings. The van der Waals surface area contributed by atoms with Gasteiger partial charge in [-0.05, 0) is 41.5 Å². The normalized spacial score (nSPS) is 20.0. The van der Waals surface area contributed by atoms with Gasteiger partial charge in [0.15, 0.2) is 6.04 Å². The fraction of sp³-hybridized carbons (Fsp3) is 0.423. The van der Waals surface area contributed by atoms with E-state index in [1.165, 1.54) is 18.2 Å². The smallest absolute Gasteiger partial charge is 0.407 e. The lowest BCUT2D eigenvalue weighted by Gasteiger charge is -2.29. The van der Waals surface area contributed by atoms with Crippen LogP contribution in [0.3, 0.4) is 0 Å². The molecule has 0 radical (unpaired) electrons. The first kappa shape index (κ1) is 23.8. The number of carbonyl (C=O) groups is 3. The van der Waals surface area contributed by atoms with E-state index < -0.39 is 18.1 Å². The first-order valence-electron chi connectivity index (χ1n) is 11.6. The Morgan fingerprint density at radius 2 is 1.68 bits per heavy atom. The average Bonchev–Trinajstić information content (AvgIpc) is 3.16. The van der Waals surface area contributed by atoms with E-state index in [0.29, 0.717) is 12.8 Å². The van der Waals surface area contributed by atoms with E-state index in [9.17, 15) is 19.5 Å². The summed E-state index contributed by atoms with van der Waals surface area (Å²) in [5, 5.41) is 14.7. The molecule has 0 bridgehead atoms. The summed E-state index contributed by atoms with van der Waals surface area (Å²) < 4.78 is 10.5. The van der Waals surface area contributed by atoms with Gasteiger partial charge in [0.05, 0.1) is 6.61 Å². The Labute approximate surface area is 198 Å². The van der Waals surface area contributed by atoms with Crippen LogP contribution in [-0.4, -0.2) is 55.5 Å². The third-order valence-electron chi connectivity index (χ3n) is 6.66. The summed E-state index contributed by atoms with van der Waals surface area (Å²) >= 11 is 0. The maximum absolute atomic E-state index is 12.6. The minimum Gasteiger partial charge on any atom is -0.480 e. The lowest BCUT2D eigenvalue weighted by atomic mass is 9.85. The van der Waals surface area contributed by atoms with Crippen molar-refractivity contribution in [2.75, 3.05) is 20.3 Å². The van der Waals surface area contributed by atoms with Gasteiger partial charge in [-0.15, -0.1) is 0 Å². The van der Waals surface area contributed by atoms with Gasteiger partial charge < -0.3 is 25.2 Å². The number of benzene rings is 2. The molecule has 1 unspecified atom stereocenters. The van der Waals surface area contributed by atoms with Crippen molar-refractivity contribution in [1.82, 2.24) is 10.6 Å². The van der Waals surface area contributed by atoms with Crippen LogP contribution < -0.4 is 10.6 Å². The van der Waals surface area contributed by atoms with Crippen LogP contribution in [0, 0.1) is 5.92 Å². The van der Waals surface area contributed by atoms with Gasteiger partial charge >= 0.3 is 12.1 Å². The highest BCUT2D eigenvalue weighted by molar-refractivity contribution is 5.85. The van der Waals surface area contributed by atoms with Crippen molar-refractivity contribution < 1.29 is 29.0 Å². The number of fused-ring (bicyclic) bond motifs is 3. The minimum absolute atomic E-state index is 0.0169. The third-order valence-corrected chi connectivity index (χ3v) is 6.66. The number of rotatable bonds is 8. The van der Waals surface area contributed by atoms with Crippen LogP contribution in [0.1, 0.15) is 42.7 Å². The largest absolute Gasteiger partial charge is 0.480 e. The Bertz CT molecular complexity index is 1010. The lowest BCUT2D eigenvalue weighted by molar-refractivity contribution is -0.144. The van der Waals surface area contributed by atoms with Crippen LogP contribution in [0.2, 0.25) is 0 Å². The predicted octanol–water partition coefficient (Wildman–Crippen LogP) is 3.30. The fourth-order valence-corrected chi connectivity index (χ4v) is 5.00. The average molecular weight is 467 g/mol. The highest BCUT2D eigenvalue weighted by Crippen LogP contribution is 2.44. The Morgan fingerprint density at radius 3 is 2.29 bits per heavy atom. The number of carbonyl (C=O) groups excluding carboxylic acids is 2. The third kappa shape index (κ3) is 5.22. The van der Waals surface area contributed by atoms with E-state index in [1.807, 2.05) is 24.3 Å². The monoisotopic (exact) mass is 466 g/mol. The molecule has 0 aromatic heterocycles. The predicted molar refractivity (Wildman–Crippen MR) is 125 cm³/mol. The molecule has 4 rings (SSSR count). The van der Waals surface area contributed by atoms with Gasteiger partial charge in [0.2, 0.25) is 5.91 Å². The van der Waals surface area contributed by atoms with E-state index in [1.54, 1.807) is 0 Å². The summed E-state index contributed by atoms with van der Waals surface area (Å²) in [7, 11) is 1.39. The molecule has 2 aromatic carbocycles. The van der Waals surface area contributed by atoms with Crippen molar-refractivity contribution in [3.8, 4) is 11.1 Å². The van der Waals surface area contributed by atoms with Crippen LogP contribution in [0.5, 0.6) is 0 Å². The molecule has 3 N–H and O–H groups in total. The quantitative estimate of drug-likeness (QED) is 0.550. The molecule has 2 aromatic rings. The number of amides is 2. The number of carboxylic acids is 1. The highest BCUT2D eigenvalue weighted by Gasteiger charge is 2.32. The van der Waals surface area contributed by atoms with Gasteiger partial charge in [-0.1, -0.05) is 55.0 Å². The molecular formula is C26H30N2O6. The van der Waals surface area contributed by atoms with Gasteiger partial charge in [0.25, 0.3) is 0 Å². The Kier molecular flexibility index (Phi) is 7.47. The summed E-state index contributed by atoms with van der Waals surface area (Å²) in [4.78, 5) is 36.5. The maximum atomic E-state index is 12.6. The van der Waals surface area contributed by atoms with Crippen LogP contribution in [0.4, 0.5) is 4.79 Å². The Balaban J connectivity index is 1.31. The summed E-state index contributed by atoms with van der Waals surface area (Å²) in [6.07, 6.45) is 2.09. The molecule has 1 saturated carbocycles. The van der Waals surface area contributed by atoms with Crippen LogP contribution >= 0.6 is 0 Å². The number of alkyl carbamates (subject to hydrolysis) is 1. The number of nitrogens with one attached hydrogen (secondary N) is 2. The molecule has 0 spiro atoms. The molecule has 180 valence electrons. The van der Waals surface area contributed by atoms with Crippen molar-refractivity contribution in [3.05, 3.63) is 59.7 Å². The molecule has 8 heteroatoms. The second kappa shape index (κ2) is 10.7. The van der Waals surface area contributed by atoms with E-state index in [0.717, 1.165) is 24.0 Å². The fourth-order valence-electron chi connectivity index (χ4n) is 5.00. The van der Waals surface area contributed by atoms with Crippen molar-refractivity contribution in [2.45, 2.75) is 43.7 Å².